The van der Waals surface area contributed by atoms with Crippen molar-refractivity contribution in [3.05, 3.63) is 114 Å². The quantitative estimate of drug-likeness (QED) is 0.284. The van der Waals surface area contributed by atoms with Crippen LogP contribution in [0, 0.1) is 0 Å². The van der Waals surface area contributed by atoms with Crippen LogP contribution >= 0.6 is 0 Å². The molecule has 172 valence electrons. The van der Waals surface area contributed by atoms with Crippen molar-refractivity contribution in [3.63, 3.8) is 0 Å². The molecule has 1 N–H and O–H groups in total. The van der Waals surface area contributed by atoms with Crippen LogP contribution < -0.4 is 5.32 Å². The molecule has 1 amide bonds. The zero-order chi connectivity index (χ0) is 24.2. The zero-order valence-electron chi connectivity index (χ0n) is 19.9. The second-order valence-electron chi connectivity index (χ2n) is 8.74. The number of anilines is 1. The van der Waals surface area contributed by atoms with Crippen LogP contribution in [-0.2, 0) is 0 Å². The second kappa shape index (κ2) is 9.90. The molecule has 0 aliphatic rings. The highest BCUT2D eigenvalue weighted by atomic mass is 16.1. The third-order valence-corrected chi connectivity index (χ3v) is 6.37. The fourth-order valence-corrected chi connectivity index (χ4v) is 4.12. The smallest absolute Gasteiger partial charge is 0.255 e. The Labute approximate surface area is 205 Å². The van der Waals surface area contributed by atoms with E-state index in [4.69, 9.17) is 9.97 Å². The molecule has 0 aliphatic carbocycles. The molecule has 4 aromatic carbocycles. The number of carbonyl (C=O) groups excluding carboxylic acids is 1. The summed E-state index contributed by atoms with van der Waals surface area (Å²) in [6, 6.07) is 33.6. The van der Waals surface area contributed by atoms with Crippen LogP contribution in [0.3, 0.4) is 0 Å². The Morgan fingerprint density at radius 2 is 1.31 bits per heavy atom. The van der Waals surface area contributed by atoms with E-state index in [1.807, 2.05) is 84.9 Å². The van der Waals surface area contributed by atoms with Gasteiger partial charge in [-0.2, -0.15) is 0 Å². The minimum Gasteiger partial charge on any atom is -0.322 e. The highest BCUT2D eigenvalue weighted by molar-refractivity contribution is 6.06. The lowest BCUT2D eigenvalue weighted by Gasteiger charge is -2.12. The molecule has 0 saturated heterocycles. The first-order chi connectivity index (χ1) is 17.1. The summed E-state index contributed by atoms with van der Waals surface area (Å²) in [6.45, 7) is 4.38. The molecule has 35 heavy (non-hydrogen) atoms. The standard InChI is InChI=1S/C31H27N3O/c1-3-21(2)22-14-17-26(18-15-22)32-31(35)25-16-19-27-28(20-25)34-30(24-12-8-5-9-13-24)29(33-27)23-10-6-4-7-11-23/h4-21H,3H2,1-2H3,(H,32,35). The minimum atomic E-state index is -0.168. The normalized spacial score (nSPS) is 11.8. The van der Waals surface area contributed by atoms with Gasteiger partial charge in [-0.15, -0.1) is 0 Å². The van der Waals surface area contributed by atoms with Gasteiger partial charge in [0.05, 0.1) is 22.4 Å². The van der Waals surface area contributed by atoms with Crippen molar-refractivity contribution in [3.8, 4) is 22.5 Å². The van der Waals surface area contributed by atoms with Crippen LogP contribution in [0.1, 0.15) is 42.1 Å². The number of nitrogens with zero attached hydrogens (tertiary/aromatic N) is 2. The van der Waals surface area contributed by atoms with Gasteiger partial charge in [0.25, 0.3) is 5.91 Å². The summed E-state index contributed by atoms with van der Waals surface area (Å²) in [5.74, 6) is 0.330. The van der Waals surface area contributed by atoms with E-state index in [-0.39, 0.29) is 5.91 Å². The van der Waals surface area contributed by atoms with E-state index in [0.717, 1.165) is 40.1 Å². The lowest BCUT2D eigenvalue weighted by atomic mass is 9.98. The third-order valence-electron chi connectivity index (χ3n) is 6.37. The van der Waals surface area contributed by atoms with Gasteiger partial charge in [-0.1, -0.05) is 86.6 Å². The first-order valence-electron chi connectivity index (χ1n) is 12.0. The highest BCUT2D eigenvalue weighted by Gasteiger charge is 2.15. The Hall–Kier alpha value is -4.31. The first-order valence-corrected chi connectivity index (χ1v) is 12.0. The molecule has 5 aromatic rings. The predicted octanol–water partition coefficient (Wildman–Crippen LogP) is 7.73. The first kappa shape index (κ1) is 22.5. The molecule has 0 aliphatic heterocycles. The molecule has 4 nitrogen and oxygen atoms in total. The number of amides is 1. The fourth-order valence-electron chi connectivity index (χ4n) is 4.12. The van der Waals surface area contributed by atoms with Crippen molar-refractivity contribution in [2.24, 2.45) is 0 Å². The molecule has 0 saturated carbocycles. The summed E-state index contributed by atoms with van der Waals surface area (Å²) >= 11 is 0. The Morgan fingerprint density at radius 1 is 0.743 bits per heavy atom. The predicted molar refractivity (Wildman–Crippen MR) is 144 cm³/mol. The van der Waals surface area contributed by atoms with E-state index in [2.05, 4.69) is 31.3 Å². The van der Waals surface area contributed by atoms with Crippen LogP contribution in [0.15, 0.2) is 103 Å². The number of hydrogen-bond donors (Lipinski definition) is 1. The molecular formula is C31H27N3O. The number of rotatable bonds is 6. The van der Waals surface area contributed by atoms with E-state index in [1.165, 1.54) is 5.56 Å². The molecule has 0 spiro atoms. The molecule has 5 rings (SSSR count). The number of aromatic nitrogens is 2. The van der Waals surface area contributed by atoms with Crippen LogP contribution in [0.2, 0.25) is 0 Å². The van der Waals surface area contributed by atoms with E-state index in [0.29, 0.717) is 17.0 Å². The number of nitrogens with one attached hydrogen (secondary N) is 1. The summed E-state index contributed by atoms with van der Waals surface area (Å²) in [4.78, 5) is 22.9. The minimum absolute atomic E-state index is 0.168. The maximum atomic E-state index is 13.0. The average molecular weight is 458 g/mol. The molecule has 4 heteroatoms. The average Bonchev–Trinajstić information content (AvgIpc) is 2.93. The van der Waals surface area contributed by atoms with Crippen molar-refractivity contribution in [1.29, 1.82) is 0 Å². The Morgan fingerprint density at radius 3 is 1.89 bits per heavy atom. The SMILES string of the molecule is CCC(C)c1ccc(NC(=O)c2ccc3nc(-c4ccccc4)c(-c4ccccc4)nc3c2)cc1. The zero-order valence-corrected chi connectivity index (χ0v) is 19.9. The van der Waals surface area contributed by atoms with Crippen molar-refractivity contribution in [1.82, 2.24) is 9.97 Å². The lowest BCUT2D eigenvalue weighted by Crippen LogP contribution is -2.12. The topological polar surface area (TPSA) is 54.9 Å². The van der Waals surface area contributed by atoms with Gasteiger partial charge in [0, 0.05) is 22.4 Å². The molecule has 1 aromatic heterocycles. The van der Waals surface area contributed by atoms with Gasteiger partial charge in [0.1, 0.15) is 0 Å². The monoisotopic (exact) mass is 457 g/mol. The van der Waals surface area contributed by atoms with Crippen LogP contribution in [0.4, 0.5) is 5.69 Å². The van der Waals surface area contributed by atoms with Gasteiger partial charge in [0.15, 0.2) is 0 Å². The van der Waals surface area contributed by atoms with Gasteiger partial charge >= 0.3 is 0 Å². The van der Waals surface area contributed by atoms with Gasteiger partial charge < -0.3 is 5.32 Å². The molecular weight excluding hydrogens is 430 g/mol. The summed E-state index contributed by atoms with van der Waals surface area (Å²) in [7, 11) is 0. The van der Waals surface area contributed by atoms with Crippen LogP contribution in [-0.4, -0.2) is 15.9 Å². The van der Waals surface area contributed by atoms with E-state index < -0.39 is 0 Å². The van der Waals surface area contributed by atoms with Gasteiger partial charge in [0.2, 0.25) is 0 Å². The van der Waals surface area contributed by atoms with Crippen molar-refractivity contribution >= 4 is 22.6 Å². The van der Waals surface area contributed by atoms with E-state index >= 15 is 0 Å². The molecule has 0 bridgehead atoms. The molecule has 1 atom stereocenters. The summed E-state index contributed by atoms with van der Waals surface area (Å²) in [6.07, 6.45) is 1.08. The maximum Gasteiger partial charge on any atom is 0.255 e. The summed E-state index contributed by atoms with van der Waals surface area (Å²) < 4.78 is 0. The van der Waals surface area contributed by atoms with Crippen LogP contribution in [0.5, 0.6) is 0 Å². The van der Waals surface area contributed by atoms with E-state index in [1.54, 1.807) is 6.07 Å². The fraction of sp³-hybridized carbons (Fsp3) is 0.129. The number of fused-ring (bicyclic) bond motifs is 1. The number of hydrogen-bond acceptors (Lipinski definition) is 3. The van der Waals surface area contributed by atoms with Crippen molar-refractivity contribution in [2.45, 2.75) is 26.2 Å². The lowest BCUT2D eigenvalue weighted by molar-refractivity contribution is 0.102. The summed E-state index contributed by atoms with van der Waals surface area (Å²) in [5.41, 5.74) is 7.63. The Kier molecular flexibility index (Phi) is 6.36. The second-order valence-corrected chi connectivity index (χ2v) is 8.74. The maximum absolute atomic E-state index is 13.0. The molecule has 0 fully saturated rings. The highest BCUT2D eigenvalue weighted by Crippen LogP contribution is 2.31. The Bertz CT molecular complexity index is 1460. The van der Waals surface area contributed by atoms with Gasteiger partial charge in [-0.25, -0.2) is 9.97 Å². The van der Waals surface area contributed by atoms with Crippen molar-refractivity contribution in [2.75, 3.05) is 5.32 Å². The van der Waals surface area contributed by atoms with Crippen LogP contribution in [0.25, 0.3) is 33.5 Å². The molecule has 1 unspecified atom stereocenters. The molecule has 0 radical (unpaired) electrons. The molecule has 1 heterocycles. The van der Waals surface area contributed by atoms with E-state index in [9.17, 15) is 4.79 Å². The van der Waals surface area contributed by atoms with Gasteiger partial charge in [-0.05, 0) is 48.2 Å². The van der Waals surface area contributed by atoms with Gasteiger partial charge in [-0.3, -0.25) is 4.79 Å². The number of carbonyl (C=O) groups is 1. The number of benzene rings is 4. The third kappa shape index (κ3) is 4.82. The summed E-state index contributed by atoms with van der Waals surface area (Å²) in [5, 5.41) is 3.00. The Balaban J connectivity index is 1.50. The van der Waals surface area contributed by atoms with Crippen molar-refractivity contribution < 1.29 is 4.79 Å². The largest absolute Gasteiger partial charge is 0.322 e.